The quantitative estimate of drug-likeness (QED) is 0.559. The van der Waals surface area contributed by atoms with Crippen LogP contribution in [0.2, 0.25) is 5.02 Å². The van der Waals surface area contributed by atoms with Crippen molar-refractivity contribution in [3.05, 3.63) is 26.7 Å². The van der Waals surface area contributed by atoms with Gasteiger partial charge in [-0.2, -0.15) is 4.99 Å². The standard InChI is InChI=1S/C9H7BrClNO/c1-5-3-7(11)9(12-4-13)8(10)6(5)2/h3H,1-2H3. The molecular formula is C9H7BrClNO. The molecule has 68 valence electrons. The van der Waals surface area contributed by atoms with E-state index < -0.39 is 0 Å². The minimum atomic E-state index is 0.444. The van der Waals surface area contributed by atoms with E-state index in [2.05, 4.69) is 20.9 Å². The lowest BCUT2D eigenvalue weighted by molar-refractivity contribution is 0.565. The van der Waals surface area contributed by atoms with Crippen molar-refractivity contribution in [1.82, 2.24) is 0 Å². The van der Waals surface area contributed by atoms with Gasteiger partial charge in [-0.15, -0.1) is 0 Å². The molecule has 13 heavy (non-hydrogen) atoms. The van der Waals surface area contributed by atoms with Crippen molar-refractivity contribution < 1.29 is 4.79 Å². The topological polar surface area (TPSA) is 29.4 Å². The summed E-state index contributed by atoms with van der Waals surface area (Å²) < 4.78 is 0.751. The number of nitrogens with zero attached hydrogens (tertiary/aromatic N) is 1. The maximum atomic E-state index is 10.1. The maximum Gasteiger partial charge on any atom is 0.240 e. The molecule has 0 fully saturated rings. The Labute approximate surface area is 89.8 Å². The third kappa shape index (κ3) is 1.99. The van der Waals surface area contributed by atoms with Crippen molar-refractivity contribution in [2.75, 3.05) is 0 Å². The molecule has 0 amide bonds. The van der Waals surface area contributed by atoms with Crippen LogP contribution in [0.5, 0.6) is 0 Å². The van der Waals surface area contributed by atoms with Crippen LogP contribution in [0.1, 0.15) is 11.1 Å². The van der Waals surface area contributed by atoms with E-state index in [1.54, 1.807) is 6.07 Å². The molecule has 0 aromatic heterocycles. The van der Waals surface area contributed by atoms with Crippen molar-refractivity contribution in [3.8, 4) is 0 Å². The molecule has 2 nitrogen and oxygen atoms in total. The summed E-state index contributed by atoms with van der Waals surface area (Å²) in [4.78, 5) is 13.6. The number of aliphatic imine (C=N–C) groups is 1. The van der Waals surface area contributed by atoms with Gasteiger partial charge in [-0.1, -0.05) is 11.6 Å². The zero-order valence-corrected chi connectivity index (χ0v) is 9.53. The third-order valence-electron chi connectivity index (χ3n) is 1.86. The van der Waals surface area contributed by atoms with E-state index in [9.17, 15) is 4.79 Å². The number of aryl methyl sites for hydroxylation is 1. The zero-order valence-electron chi connectivity index (χ0n) is 7.19. The Bertz CT molecular complexity index is 397. The summed E-state index contributed by atoms with van der Waals surface area (Å²) >= 11 is 9.21. The van der Waals surface area contributed by atoms with Gasteiger partial charge in [-0.3, -0.25) is 0 Å². The fraction of sp³-hybridized carbons (Fsp3) is 0.222. The molecule has 0 aliphatic heterocycles. The van der Waals surface area contributed by atoms with Gasteiger partial charge in [0.2, 0.25) is 6.08 Å². The van der Waals surface area contributed by atoms with Crippen LogP contribution >= 0.6 is 27.5 Å². The molecule has 0 N–H and O–H groups in total. The second kappa shape index (κ2) is 4.05. The highest BCUT2D eigenvalue weighted by molar-refractivity contribution is 9.10. The Balaban J connectivity index is 3.52. The van der Waals surface area contributed by atoms with E-state index in [1.165, 1.54) is 6.08 Å². The molecule has 0 saturated carbocycles. The Morgan fingerprint density at radius 2 is 2.15 bits per heavy atom. The zero-order chi connectivity index (χ0) is 10.0. The highest BCUT2D eigenvalue weighted by Gasteiger charge is 2.09. The van der Waals surface area contributed by atoms with Gasteiger partial charge in [0.05, 0.1) is 5.02 Å². The molecule has 0 aliphatic rings. The molecule has 1 rings (SSSR count). The molecule has 0 radical (unpaired) electrons. The largest absolute Gasteiger partial charge is 0.240 e. The van der Waals surface area contributed by atoms with E-state index in [1.807, 2.05) is 13.8 Å². The molecule has 0 spiro atoms. The first kappa shape index (κ1) is 10.5. The van der Waals surface area contributed by atoms with Crippen LogP contribution in [0, 0.1) is 13.8 Å². The Morgan fingerprint density at radius 3 is 2.69 bits per heavy atom. The van der Waals surface area contributed by atoms with Crippen molar-refractivity contribution in [2.24, 2.45) is 4.99 Å². The number of benzene rings is 1. The van der Waals surface area contributed by atoms with Gasteiger partial charge in [0.15, 0.2) is 0 Å². The first-order valence-corrected chi connectivity index (χ1v) is 4.78. The smallest absolute Gasteiger partial charge is 0.211 e. The van der Waals surface area contributed by atoms with Gasteiger partial charge in [-0.05, 0) is 47.0 Å². The van der Waals surface area contributed by atoms with E-state index in [-0.39, 0.29) is 0 Å². The number of carbonyl (C=O) groups excluding carboxylic acids is 1. The Hall–Kier alpha value is -0.630. The molecule has 0 saturated heterocycles. The highest BCUT2D eigenvalue weighted by Crippen LogP contribution is 2.37. The fourth-order valence-electron chi connectivity index (χ4n) is 0.970. The molecule has 0 atom stereocenters. The summed E-state index contributed by atoms with van der Waals surface area (Å²) in [5.74, 6) is 0. The van der Waals surface area contributed by atoms with Crippen LogP contribution in [-0.2, 0) is 4.79 Å². The van der Waals surface area contributed by atoms with Crippen LogP contribution in [0.25, 0.3) is 0 Å². The normalized spacial score (nSPS) is 9.54. The number of rotatable bonds is 1. The van der Waals surface area contributed by atoms with E-state index in [0.717, 1.165) is 15.6 Å². The first-order chi connectivity index (χ1) is 6.07. The predicted molar refractivity (Wildman–Crippen MR) is 56.4 cm³/mol. The van der Waals surface area contributed by atoms with Crippen LogP contribution in [0.3, 0.4) is 0 Å². The maximum absolute atomic E-state index is 10.1. The van der Waals surface area contributed by atoms with Crippen LogP contribution in [0.15, 0.2) is 15.5 Å². The molecule has 0 aliphatic carbocycles. The van der Waals surface area contributed by atoms with Gasteiger partial charge in [0.25, 0.3) is 0 Å². The van der Waals surface area contributed by atoms with Crippen molar-refractivity contribution in [1.29, 1.82) is 0 Å². The minimum absolute atomic E-state index is 0.444. The average molecular weight is 261 g/mol. The van der Waals surface area contributed by atoms with Crippen molar-refractivity contribution in [3.63, 3.8) is 0 Å². The molecule has 1 aromatic rings. The van der Waals surface area contributed by atoms with Crippen LogP contribution in [0.4, 0.5) is 5.69 Å². The van der Waals surface area contributed by atoms with Crippen molar-refractivity contribution in [2.45, 2.75) is 13.8 Å². The lowest BCUT2D eigenvalue weighted by atomic mass is 10.1. The SMILES string of the molecule is Cc1cc(Cl)c(N=C=O)c(Br)c1C. The van der Waals surface area contributed by atoms with E-state index in [0.29, 0.717) is 10.7 Å². The number of isocyanates is 1. The first-order valence-electron chi connectivity index (χ1n) is 3.61. The van der Waals surface area contributed by atoms with Gasteiger partial charge in [-0.25, -0.2) is 4.79 Å². The highest BCUT2D eigenvalue weighted by atomic mass is 79.9. The lowest BCUT2D eigenvalue weighted by Gasteiger charge is -2.06. The van der Waals surface area contributed by atoms with Crippen molar-refractivity contribution >= 4 is 39.3 Å². The summed E-state index contributed by atoms with van der Waals surface area (Å²) in [7, 11) is 0. The Morgan fingerprint density at radius 1 is 1.54 bits per heavy atom. The van der Waals surface area contributed by atoms with Gasteiger partial charge >= 0.3 is 0 Å². The molecular weight excluding hydrogens is 253 g/mol. The minimum Gasteiger partial charge on any atom is -0.211 e. The molecule has 0 heterocycles. The monoisotopic (exact) mass is 259 g/mol. The average Bonchev–Trinajstić information content (AvgIpc) is 2.09. The molecule has 0 bridgehead atoms. The summed E-state index contributed by atoms with van der Waals surface area (Å²) in [6.07, 6.45) is 1.47. The fourth-order valence-corrected chi connectivity index (χ4v) is 2.00. The molecule has 0 unspecified atom stereocenters. The summed E-state index contributed by atoms with van der Waals surface area (Å²) in [5, 5.41) is 0.457. The second-order valence-corrected chi connectivity index (χ2v) is 3.87. The van der Waals surface area contributed by atoms with E-state index in [4.69, 9.17) is 11.6 Å². The number of hydrogen-bond acceptors (Lipinski definition) is 2. The third-order valence-corrected chi connectivity index (χ3v) is 3.11. The predicted octanol–water partition coefficient (Wildman–Crippen LogP) is 3.69. The summed E-state index contributed by atoms with van der Waals surface area (Å²) in [5.41, 5.74) is 2.53. The van der Waals surface area contributed by atoms with Crippen LogP contribution in [-0.4, -0.2) is 6.08 Å². The summed E-state index contributed by atoms with van der Waals surface area (Å²) in [6.45, 7) is 3.87. The number of halogens is 2. The van der Waals surface area contributed by atoms with Gasteiger partial charge in [0, 0.05) is 4.47 Å². The molecule has 4 heteroatoms. The van der Waals surface area contributed by atoms with Gasteiger partial charge < -0.3 is 0 Å². The summed E-state index contributed by atoms with van der Waals surface area (Å²) in [6, 6.07) is 1.78. The lowest BCUT2D eigenvalue weighted by Crippen LogP contribution is -1.84. The van der Waals surface area contributed by atoms with Gasteiger partial charge in [0.1, 0.15) is 5.69 Å². The number of hydrogen-bond donors (Lipinski definition) is 0. The second-order valence-electron chi connectivity index (χ2n) is 2.67. The van der Waals surface area contributed by atoms with Crippen LogP contribution < -0.4 is 0 Å². The molecule has 1 aromatic carbocycles. The Kier molecular flexibility index (Phi) is 3.26. The van der Waals surface area contributed by atoms with E-state index >= 15 is 0 Å².